The van der Waals surface area contributed by atoms with Crippen molar-refractivity contribution in [1.82, 2.24) is 0 Å². The van der Waals surface area contributed by atoms with Crippen LogP contribution in [0.1, 0.15) is 32.1 Å². The third kappa shape index (κ3) is 3.67. The molecule has 92 valence electrons. The Morgan fingerprint density at radius 1 is 1.41 bits per heavy atom. The molecule has 4 heteroatoms. The molecule has 0 atom stereocenters. The number of benzene rings is 1. The molecule has 0 unspecified atom stereocenters. The Balaban J connectivity index is 1.93. The zero-order chi connectivity index (χ0) is 12.3. The van der Waals surface area contributed by atoms with Gasteiger partial charge in [0.1, 0.15) is 0 Å². The van der Waals surface area contributed by atoms with E-state index in [1.54, 1.807) is 0 Å². The van der Waals surface area contributed by atoms with Crippen LogP contribution in [0.4, 0.5) is 5.69 Å². The molecule has 1 aromatic carbocycles. The van der Waals surface area contributed by atoms with Gasteiger partial charge >= 0.3 is 0 Å². The summed E-state index contributed by atoms with van der Waals surface area (Å²) in [5.41, 5.74) is 6.76. The van der Waals surface area contributed by atoms with Gasteiger partial charge in [0.15, 0.2) is 0 Å². The second-order valence-corrected chi connectivity index (χ2v) is 6.05. The average molecular weight is 344 g/mol. The summed E-state index contributed by atoms with van der Waals surface area (Å²) in [6.07, 6.45) is 4.65. The minimum Gasteiger partial charge on any atom is -0.326 e. The summed E-state index contributed by atoms with van der Waals surface area (Å²) in [4.78, 5) is 11.9. The highest BCUT2D eigenvalue weighted by Gasteiger charge is 2.31. The SMILES string of the molecule is NC1(CC(=O)Nc2cccc(I)c2)CCCC1. The number of hydrogen-bond acceptors (Lipinski definition) is 2. The number of nitrogens with two attached hydrogens (primary N) is 1. The number of anilines is 1. The van der Waals surface area contributed by atoms with E-state index in [1.807, 2.05) is 24.3 Å². The summed E-state index contributed by atoms with van der Waals surface area (Å²) >= 11 is 2.23. The van der Waals surface area contributed by atoms with E-state index in [4.69, 9.17) is 5.73 Å². The molecule has 1 aliphatic carbocycles. The van der Waals surface area contributed by atoms with E-state index in [2.05, 4.69) is 27.9 Å². The Hall–Kier alpha value is -0.620. The number of hydrogen-bond donors (Lipinski definition) is 2. The molecule has 1 aliphatic rings. The average Bonchev–Trinajstić information content (AvgIpc) is 2.64. The molecule has 0 spiro atoms. The van der Waals surface area contributed by atoms with Gasteiger partial charge in [-0.25, -0.2) is 0 Å². The van der Waals surface area contributed by atoms with Gasteiger partial charge in [-0.1, -0.05) is 18.9 Å². The lowest BCUT2D eigenvalue weighted by molar-refractivity contribution is -0.117. The largest absolute Gasteiger partial charge is 0.326 e. The maximum atomic E-state index is 11.9. The van der Waals surface area contributed by atoms with E-state index >= 15 is 0 Å². The standard InChI is InChI=1S/C13H17IN2O/c14-10-4-3-5-11(8-10)16-12(17)9-13(15)6-1-2-7-13/h3-5,8H,1-2,6-7,9,15H2,(H,16,17). The Labute approximate surface area is 115 Å². The van der Waals surface area contributed by atoms with E-state index in [9.17, 15) is 4.79 Å². The van der Waals surface area contributed by atoms with Gasteiger partial charge in [-0.15, -0.1) is 0 Å². The van der Waals surface area contributed by atoms with Crippen LogP contribution in [0.5, 0.6) is 0 Å². The van der Waals surface area contributed by atoms with Crippen LogP contribution in [-0.2, 0) is 4.79 Å². The molecule has 1 fully saturated rings. The lowest BCUT2D eigenvalue weighted by Gasteiger charge is -2.22. The van der Waals surface area contributed by atoms with Crippen LogP contribution >= 0.6 is 22.6 Å². The Morgan fingerprint density at radius 2 is 2.12 bits per heavy atom. The Kier molecular flexibility index (Phi) is 4.04. The Bertz CT molecular complexity index is 414. The fourth-order valence-corrected chi connectivity index (χ4v) is 2.89. The molecule has 0 saturated heterocycles. The first-order valence-corrected chi connectivity index (χ1v) is 7.00. The van der Waals surface area contributed by atoms with Crippen molar-refractivity contribution in [1.29, 1.82) is 0 Å². The smallest absolute Gasteiger partial charge is 0.226 e. The summed E-state index contributed by atoms with van der Waals surface area (Å²) in [5, 5.41) is 2.91. The van der Waals surface area contributed by atoms with Crippen molar-refractivity contribution in [2.24, 2.45) is 5.73 Å². The topological polar surface area (TPSA) is 55.1 Å². The number of carbonyl (C=O) groups excluding carboxylic acids is 1. The van der Waals surface area contributed by atoms with Crippen LogP contribution < -0.4 is 11.1 Å². The van der Waals surface area contributed by atoms with Gasteiger partial charge in [0, 0.05) is 21.2 Å². The van der Waals surface area contributed by atoms with E-state index in [0.717, 1.165) is 34.9 Å². The minimum atomic E-state index is -0.272. The van der Waals surface area contributed by atoms with Gasteiger partial charge in [-0.3, -0.25) is 4.79 Å². The monoisotopic (exact) mass is 344 g/mol. The second-order valence-electron chi connectivity index (χ2n) is 4.80. The van der Waals surface area contributed by atoms with Crippen LogP contribution in [0.2, 0.25) is 0 Å². The molecule has 0 bridgehead atoms. The first kappa shape index (κ1) is 12.8. The molecule has 17 heavy (non-hydrogen) atoms. The minimum absolute atomic E-state index is 0.0244. The molecule has 0 heterocycles. The van der Waals surface area contributed by atoms with Gasteiger partial charge < -0.3 is 11.1 Å². The maximum absolute atomic E-state index is 11.9. The Morgan fingerprint density at radius 3 is 2.76 bits per heavy atom. The predicted molar refractivity (Wildman–Crippen MR) is 77.8 cm³/mol. The molecule has 0 radical (unpaired) electrons. The van der Waals surface area contributed by atoms with Gasteiger partial charge in [0.25, 0.3) is 0 Å². The van der Waals surface area contributed by atoms with Crippen molar-refractivity contribution in [3.63, 3.8) is 0 Å². The first-order valence-electron chi connectivity index (χ1n) is 5.92. The van der Waals surface area contributed by atoms with E-state index in [1.165, 1.54) is 0 Å². The lowest BCUT2D eigenvalue weighted by Crippen LogP contribution is -2.40. The van der Waals surface area contributed by atoms with Crippen LogP contribution in [0, 0.1) is 3.57 Å². The highest BCUT2D eigenvalue weighted by atomic mass is 127. The van der Waals surface area contributed by atoms with Gasteiger partial charge in [-0.2, -0.15) is 0 Å². The third-order valence-corrected chi connectivity index (χ3v) is 3.89. The first-order chi connectivity index (χ1) is 8.07. The van der Waals surface area contributed by atoms with Crippen LogP contribution in [-0.4, -0.2) is 11.4 Å². The van der Waals surface area contributed by atoms with Crippen molar-refractivity contribution >= 4 is 34.2 Å². The summed E-state index contributed by atoms with van der Waals surface area (Å²) < 4.78 is 1.11. The number of nitrogens with one attached hydrogen (secondary N) is 1. The molecule has 3 nitrogen and oxygen atoms in total. The second kappa shape index (κ2) is 5.35. The highest BCUT2D eigenvalue weighted by Crippen LogP contribution is 2.30. The third-order valence-electron chi connectivity index (χ3n) is 3.22. The highest BCUT2D eigenvalue weighted by molar-refractivity contribution is 14.1. The van der Waals surface area contributed by atoms with Crippen molar-refractivity contribution in [2.75, 3.05) is 5.32 Å². The molecule has 0 aliphatic heterocycles. The molecule has 2 rings (SSSR count). The van der Waals surface area contributed by atoms with Crippen molar-refractivity contribution in [2.45, 2.75) is 37.6 Å². The summed E-state index contributed by atoms with van der Waals surface area (Å²) in [6, 6.07) is 7.79. The number of halogens is 1. The molecule has 0 aromatic heterocycles. The molecular weight excluding hydrogens is 327 g/mol. The number of rotatable bonds is 3. The predicted octanol–water partition coefficient (Wildman–Crippen LogP) is 2.89. The number of amides is 1. The van der Waals surface area contributed by atoms with Crippen LogP contribution in [0.25, 0.3) is 0 Å². The zero-order valence-electron chi connectivity index (χ0n) is 9.71. The van der Waals surface area contributed by atoms with Gasteiger partial charge in [0.2, 0.25) is 5.91 Å². The summed E-state index contributed by atoms with van der Waals surface area (Å²) in [7, 11) is 0. The molecular formula is C13H17IN2O. The molecule has 1 aromatic rings. The fourth-order valence-electron chi connectivity index (χ4n) is 2.35. The van der Waals surface area contributed by atoms with Crippen molar-refractivity contribution in [3.8, 4) is 0 Å². The molecule has 1 saturated carbocycles. The lowest BCUT2D eigenvalue weighted by atomic mass is 9.94. The van der Waals surface area contributed by atoms with Gasteiger partial charge in [0.05, 0.1) is 0 Å². The van der Waals surface area contributed by atoms with E-state index < -0.39 is 0 Å². The van der Waals surface area contributed by atoms with E-state index in [0.29, 0.717) is 6.42 Å². The van der Waals surface area contributed by atoms with Crippen molar-refractivity contribution in [3.05, 3.63) is 27.8 Å². The quantitative estimate of drug-likeness (QED) is 0.829. The normalized spacial score (nSPS) is 18.0. The zero-order valence-corrected chi connectivity index (χ0v) is 11.9. The fraction of sp³-hybridized carbons (Fsp3) is 0.462. The summed E-state index contributed by atoms with van der Waals surface area (Å²) in [5.74, 6) is 0.0244. The van der Waals surface area contributed by atoms with Crippen molar-refractivity contribution < 1.29 is 4.79 Å². The van der Waals surface area contributed by atoms with Crippen LogP contribution in [0.3, 0.4) is 0 Å². The maximum Gasteiger partial charge on any atom is 0.226 e. The van der Waals surface area contributed by atoms with Gasteiger partial charge in [-0.05, 0) is 53.6 Å². The van der Waals surface area contributed by atoms with Crippen LogP contribution in [0.15, 0.2) is 24.3 Å². The van der Waals surface area contributed by atoms with E-state index in [-0.39, 0.29) is 11.4 Å². The summed E-state index contributed by atoms with van der Waals surface area (Å²) in [6.45, 7) is 0. The molecule has 3 N–H and O–H groups in total. The molecule has 1 amide bonds. The number of carbonyl (C=O) groups is 1.